The summed E-state index contributed by atoms with van der Waals surface area (Å²) in [5.74, 6) is 1.79. The van der Waals surface area contributed by atoms with Crippen molar-refractivity contribution in [3.05, 3.63) is 87.8 Å². The Hall–Kier alpha value is -4.34. The van der Waals surface area contributed by atoms with E-state index in [1.165, 1.54) is 31.4 Å². The topological polar surface area (TPSA) is 95.9 Å². The lowest BCUT2D eigenvalue weighted by molar-refractivity contribution is -0.133. The number of carbonyl (C=O) groups is 2. The van der Waals surface area contributed by atoms with Gasteiger partial charge in [0, 0.05) is 72.2 Å². The molecule has 4 aromatic rings. The molecule has 0 radical (unpaired) electrons. The van der Waals surface area contributed by atoms with Crippen molar-refractivity contribution < 1.29 is 14.3 Å². The number of amides is 2. The lowest BCUT2D eigenvalue weighted by atomic mass is 9.78. The van der Waals surface area contributed by atoms with Gasteiger partial charge in [0.15, 0.2) is 0 Å². The summed E-state index contributed by atoms with van der Waals surface area (Å²) in [5, 5.41) is 7.95. The van der Waals surface area contributed by atoms with E-state index in [1.54, 1.807) is 18.7 Å². The van der Waals surface area contributed by atoms with Gasteiger partial charge in [0.2, 0.25) is 11.8 Å². The maximum absolute atomic E-state index is 12.7. The first-order valence-corrected chi connectivity index (χ1v) is 17.8. The highest BCUT2D eigenvalue weighted by atomic mass is 35.5. The minimum Gasteiger partial charge on any atom is -0.496 e. The van der Waals surface area contributed by atoms with E-state index in [9.17, 15) is 14.4 Å². The van der Waals surface area contributed by atoms with Crippen molar-refractivity contribution in [2.75, 3.05) is 43.5 Å². The molecule has 0 bridgehead atoms. The fourth-order valence-corrected chi connectivity index (χ4v) is 8.26. The predicted octanol–water partition coefficient (Wildman–Crippen LogP) is 6.21. The molecule has 10 heteroatoms. The highest BCUT2D eigenvalue weighted by molar-refractivity contribution is 6.32. The normalized spacial score (nSPS) is 19.7. The standard InChI is InChI=1S/C39H44ClN5O4/c1-43-23-32(30-5-3-4-6-31(30)39(43)48)27-21-34(40)33(36(22-27)49-2)24-44-17-13-25(14-18-44)26-15-19-45(20-16-26)29-9-7-28(8-10-29)41-35-11-12-37(46)42-38(35)47/h3-10,21-23,25-26,35,41H,11-20,24H2,1-2H3,(H,42,46,47). The largest absolute Gasteiger partial charge is 0.496 e. The van der Waals surface area contributed by atoms with Crippen LogP contribution in [0.2, 0.25) is 5.02 Å². The number of rotatable bonds is 8. The number of likely N-dealkylation sites (tertiary alicyclic amines) is 1. The monoisotopic (exact) mass is 681 g/mol. The quantitative estimate of drug-likeness (QED) is 0.214. The maximum Gasteiger partial charge on any atom is 0.258 e. The van der Waals surface area contributed by atoms with Crippen molar-refractivity contribution in [3.8, 4) is 16.9 Å². The van der Waals surface area contributed by atoms with Gasteiger partial charge >= 0.3 is 0 Å². The Balaban J connectivity index is 0.930. The van der Waals surface area contributed by atoms with Crippen molar-refractivity contribution in [2.45, 2.75) is 51.1 Å². The minimum atomic E-state index is -0.371. The van der Waals surface area contributed by atoms with Crippen LogP contribution in [0.3, 0.4) is 0 Å². The zero-order valence-electron chi connectivity index (χ0n) is 28.2. The van der Waals surface area contributed by atoms with Gasteiger partial charge in [-0.3, -0.25) is 24.6 Å². The summed E-state index contributed by atoms with van der Waals surface area (Å²) in [6, 6.07) is 19.7. The number of nitrogens with zero attached hydrogens (tertiary/aromatic N) is 3. The predicted molar refractivity (Wildman–Crippen MR) is 195 cm³/mol. The molecule has 3 fully saturated rings. The van der Waals surface area contributed by atoms with E-state index in [1.807, 2.05) is 48.7 Å². The number of imide groups is 1. The smallest absolute Gasteiger partial charge is 0.258 e. The average molecular weight is 682 g/mol. The number of pyridine rings is 1. The molecule has 3 saturated heterocycles. The number of hydrogen-bond donors (Lipinski definition) is 2. The lowest BCUT2D eigenvalue weighted by Gasteiger charge is -2.41. The second kappa shape index (κ2) is 14.3. The van der Waals surface area contributed by atoms with Crippen molar-refractivity contribution in [3.63, 3.8) is 0 Å². The Kier molecular flexibility index (Phi) is 9.65. The second-order valence-corrected chi connectivity index (χ2v) is 14.2. The highest BCUT2D eigenvalue weighted by Gasteiger charge is 2.31. The fraction of sp³-hybridized carbons (Fsp3) is 0.410. The van der Waals surface area contributed by atoms with Crippen LogP contribution in [0, 0.1) is 11.8 Å². The summed E-state index contributed by atoms with van der Waals surface area (Å²) in [5.41, 5.74) is 4.98. The Bertz CT molecular complexity index is 1910. The number of benzene rings is 3. The number of ether oxygens (including phenoxy) is 1. The number of halogens is 1. The molecule has 49 heavy (non-hydrogen) atoms. The van der Waals surface area contributed by atoms with Gasteiger partial charge in [-0.05, 0) is 110 Å². The molecule has 2 N–H and O–H groups in total. The van der Waals surface area contributed by atoms with Crippen molar-refractivity contribution in [2.24, 2.45) is 18.9 Å². The Labute approximate surface area is 292 Å². The summed E-state index contributed by atoms with van der Waals surface area (Å²) < 4.78 is 7.52. The van der Waals surface area contributed by atoms with E-state index >= 15 is 0 Å². The van der Waals surface area contributed by atoms with Crippen LogP contribution < -0.4 is 25.8 Å². The zero-order chi connectivity index (χ0) is 34.1. The maximum atomic E-state index is 12.7. The van der Waals surface area contributed by atoms with E-state index in [-0.39, 0.29) is 23.4 Å². The molecular weight excluding hydrogens is 638 g/mol. The molecule has 1 aromatic heterocycles. The summed E-state index contributed by atoms with van der Waals surface area (Å²) in [7, 11) is 3.48. The Morgan fingerprint density at radius 3 is 2.22 bits per heavy atom. The van der Waals surface area contributed by atoms with Crippen LogP contribution in [0.25, 0.3) is 21.9 Å². The summed E-state index contributed by atoms with van der Waals surface area (Å²) >= 11 is 6.97. The highest BCUT2D eigenvalue weighted by Crippen LogP contribution is 2.38. The molecule has 1 atom stereocenters. The van der Waals surface area contributed by atoms with E-state index in [0.29, 0.717) is 23.3 Å². The molecule has 256 valence electrons. The molecular formula is C39H44ClN5O4. The van der Waals surface area contributed by atoms with Gasteiger partial charge in [0.25, 0.3) is 5.56 Å². The van der Waals surface area contributed by atoms with Gasteiger partial charge in [0.1, 0.15) is 11.8 Å². The number of aryl methyl sites for hydroxylation is 1. The number of methoxy groups -OCH3 is 1. The second-order valence-electron chi connectivity index (χ2n) is 13.8. The van der Waals surface area contributed by atoms with E-state index < -0.39 is 0 Å². The molecule has 3 aliphatic rings. The zero-order valence-corrected chi connectivity index (χ0v) is 29.0. The van der Waals surface area contributed by atoms with Crippen LogP contribution in [-0.4, -0.2) is 60.6 Å². The number of hydrogen-bond acceptors (Lipinski definition) is 7. The van der Waals surface area contributed by atoms with Crippen LogP contribution in [0.5, 0.6) is 5.75 Å². The van der Waals surface area contributed by atoms with Crippen LogP contribution in [-0.2, 0) is 23.2 Å². The van der Waals surface area contributed by atoms with Crippen LogP contribution in [0.4, 0.5) is 11.4 Å². The summed E-state index contributed by atoms with van der Waals surface area (Å²) in [6.07, 6.45) is 7.53. The SMILES string of the molecule is COc1cc(-c2cn(C)c(=O)c3ccccc23)cc(Cl)c1CN1CCC(C2CCN(c3ccc(NC4CCC(=O)NC4=O)cc3)CC2)CC1. The minimum absolute atomic E-state index is 0.0177. The van der Waals surface area contributed by atoms with Crippen molar-refractivity contribution in [1.29, 1.82) is 0 Å². The molecule has 0 spiro atoms. The van der Waals surface area contributed by atoms with E-state index in [2.05, 4.69) is 38.6 Å². The first kappa shape index (κ1) is 33.2. The summed E-state index contributed by atoms with van der Waals surface area (Å²) in [4.78, 5) is 41.3. The first-order chi connectivity index (χ1) is 23.8. The third-order valence-corrected chi connectivity index (χ3v) is 11.1. The van der Waals surface area contributed by atoms with Gasteiger partial charge in [-0.25, -0.2) is 0 Å². The number of nitrogens with one attached hydrogen (secondary N) is 2. The molecule has 0 saturated carbocycles. The Morgan fingerprint density at radius 2 is 1.55 bits per heavy atom. The number of carbonyl (C=O) groups excluding carboxylic acids is 2. The number of aromatic nitrogens is 1. The molecule has 9 nitrogen and oxygen atoms in total. The average Bonchev–Trinajstić information content (AvgIpc) is 3.12. The van der Waals surface area contributed by atoms with E-state index in [4.69, 9.17) is 16.3 Å². The third kappa shape index (κ3) is 7.05. The molecule has 4 heterocycles. The molecule has 3 aromatic carbocycles. The molecule has 1 unspecified atom stereocenters. The van der Waals surface area contributed by atoms with Crippen LogP contribution in [0.15, 0.2) is 71.7 Å². The van der Waals surface area contributed by atoms with Crippen LogP contribution in [0.1, 0.15) is 44.1 Å². The van der Waals surface area contributed by atoms with Gasteiger partial charge in [-0.1, -0.05) is 29.8 Å². The van der Waals surface area contributed by atoms with Gasteiger partial charge in [0.05, 0.1) is 7.11 Å². The van der Waals surface area contributed by atoms with Gasteiger partial charge in [-0.2, -0.15) is 0 Å². The molecule has 2 amide bonds. The first-order valence-electron chi connectivity index (χ1n) is 17.4. The van der Waals surface area contributed by atoms with Gasteiger partial charge in [-0.15, -0.1) is 0 Å². The lowest BCUT2D eigenvalue weighted by Crippen LogP contribution is -2.47. The molecule has 7 rings (SSSR count). The fourth-order valence-electron chi connectivity index (χ4n) is 7.98. The third-order valence-electron chi connectivity index (χ3n) is 10.8. The summed E-state index contributed by atoms with van der Waals surface area (Å²) in [6.45, 7) is 4.93. The van der Waals surface area contributed by atoms with Crippen LogP contribution >= 0.6 is 11.6 Å². The number of piperidine rings is 3. The molecule has 0 aliphatic carbocycles. The number of anilines is 2. The Morgan fingerprint density at radius 1 is 0.878 bits per heavy atom. The molecule has 3 aliphatic heterocycles. The number of fused-ring (bicyclic) bond motifs is 1. The van der Waals surface area contributed by atoms with E-state index in [0.717, 1.165) is 78.1 Å². The van der Waals surface area contributed by atoms with Crippen molar-refractivity contribution in [1.82, 2.24) is 14.8 Å². The van der Waals surface area contributed by atoms with Gasteiger partial charge < -0.3 is 19.5 Å². The van der Waals surface area contributed by atoms with Crippen molar-refractivity contribution >= 4 is 45.6 Å².